The number of fused-ring (bicyclic) bond motifs is 11. The van der Waals surface area contributed by atoms with Gasteiger partial charge < -0.3 is 14.6 Å². The predicted octanol–water partition coefficient (Wildman–Crippen LogP) is 12.5. The Labute approximate surface area is 323 Å². The summed E-state index contributed by atoms with van der Waals surface area (Å²) in [5.41, 5.74) is 15.4. The van der Waals surface area contributed by atoms with Gasteiger partial charge in [0.2, 0.25) is 0 Å². The minimum absolute atomic E-state index is 0.181. The van der Waals surface area contributed by atoms with Crippen molar-refractivity contribution in [3.8, 4) is 11.1 Å². The Kier molecular flexibility index (Phi) is 7.46. The van der Waals surface area contributed by atoms with Gasteiger partial charge in [0.15, 0.2) is 5.84 Å². The van der Waals surface area contributed by atoms with Crippen molar-refractivity contribution in [2.24, 2.45) is 21.6 Å². The normalized spacial score (nSPS) is 16.7. The standard InChI is InChI=1S/C51H35N3O2/c52-50(54-51(53-30-31-13-2-1-3-14-31)44-29-33-16-5-6-17-34(33)36-19-8-9-20-37(36)44)43-25-12-26-45-46(43)42-24-11-23-39(49(42)55-45)38-21-10-22-40-41-28-27-32-15-4-7-18-35(32)47(41)56-48(38)40/h1-29,32,35H,30H2,(H2,52,53,54). The monoisotopic (exact) mass is 721 g/mol. The van der Waals surface area contributed by atoms with Gasteiger partial charge in [0.1, 0.15) is 28.3 Å². The lowest BCUT2D eigenvalue weighted by Crippen LogP contribution is -2.17. The van der Waals surface area contributed by atoms with E-state index in [1.807, 2.05) is 36.4 Å². The fourth-order valence-electron chi connectivity index (χ4n) is 8.68. The number of allylic oxidation sites excluding steroid dienone is 5. The Hall–Kier alpha value is -7.24. The van der Waals surface area contributed by atoms with Crippen LogP contribution in [0.4, 0.5) is 0 Å². The van der Waals surface area contributed by atoms with Gasteiger partial charge in [0.05, 0.1) is 6.54 Å². The predicted molar refractivity (Wildman–Crippen MR) is 231 cm³/mol. The number of nitrogens with zero attached hydrogens (tertiary/aromatic N) is 2. The molecule has 5 nitrogen and oxygen atoms in total. The number of benzene rings is 7. The fourth-order valence-corrected chi connectivity index (χ4v) is 8.68. The molecular weight excluding hydrogens is 687 g/mol. The van der Waals surface area contributed by atoms with Crippen molar-refractivity contribution < 1.29 is 8.83 Å². The fraction of sp³-hybridized carbons (Fsp3) is 0.0588. The van der Waals surface area contributed by atoms with E-state index < -0.39 is 0 Å². The number of hydrogen-bond donors (Lipinski definition) is 1. The second-order valence-electron chi connectivity index (χ2n) is 14.6. The average molecular weight is 722 g/mol. The molecule has 2 aliphatic rings. The maximum atomic E-state index is 7.10. The Balaban J connectivity index is 1.08. The molecule has 2 unspecified atom stereocenters. The van der Waals surface area contributed by atoms with Gasteiger partial charge in [-0.15, -0.1) is 0 Å². The Bertz CT molecular complexity index is 3190. The van der Waals surface area contributed by atoms with E-state index in [4.69, 9.17) is 24.6 Å². The van der Waals surface area contributed by atoms with E-state index in [1.165, 1.54) is 5.39 Å². The first-order chi connectivity index (χ1) is 27.7. The highest BCUT2D eigenvalue weighted by atomic mass is 16.3. The molecule has 2 N–H and O–H groups in total. The Morgan fingerprint density at radius 3 is 2.14 bits per heavy atom. The van der Waals surface area contributed by atoms with Crippen LogP contribution in [0.5, 0.6) is 0 Å². The summed E-state index contributed by atoms with van der Waals surface area (Å²) < 4.78 is 13.5. The van der Waals surface area contributed by atoms with Crippen molar-refractivity contribution in [1.29, 1.82) is 0 Å². The third kappa shape index (κ3) is 5.16. The molecule has 2 atom stereocenters. The molecule has 9 aromatic rings. The Morgan fingerprint density at radius 1 is 0.589 bits per heavy atom. The van der Waals surface area contributed by atoms with Crippen LogP contribution in [0, 0.1) is 5.92 Å². The molecule has 0 bridgehead atoms. The summed E-state index contributed by atoms with van der Waals surface area (Å²) in [6.07, 6.45) is 13.2. The zero-order chi connectivity index (χ0) is 37.2. The van der Waals surface area contributed by atoms with E-state index in [1.54, 1.807) is 0 Å². The Morgan fingerprint density at radius 2 is 1.29 bits per heavy atom. The minimum Gasteiger partial charge on any atom is -0.459 e. The molecule has 0 aliphatic heterocycles. The first kappa shape index (κ1) is 32.2. The lowest BCUT2D eigenvalue weighted by molar-refractivity contribution is 0.492. The van der Waals surface area contributed by atoms with Crippen LogP contribution in [-0.4, -0.2) is 11.7 Å². The number of furan rings is 2. The van der Waals surface area contributed by atoms with Crippen molar-refractivity contribution in [2.45, 2.75) is 12.5 Å². The van der Waals surface area contributed by atoms with Crippen molar-refractivity contribution in [1.82, 2.24) is 0 Å². The van der Waals surface area contributed by atoms with Crippen molar-refractivity contribution in [2.75, 3.05) is 0 Å². The third-order valence-corrected chi connectivity index (χ3v) is 11.3. The lowest BCUT2D eigenvalue weighted by atomic mass is 9.81. The van der Waals surface area contributed by atoms with Crippen molar-refractivity contribution in [3.63, 3.8) is 0 Å². The molecule has 7 aromatic carbocycles. The minimum atomic E-state index is 0.181. The molecule has 0 saturated carbocycles. The second-order valence-corrected chi connectivity index (χ2v) is 14.6. The first-order valence-corrected chi connectivity index (χ1v) is 19.1. The zero-order valence-corrected chi connectivity index (χ0v) is 30.4. The van der Waals surface area contributed by atoms with E-state index in [-0.39, 0.29) is 5.92 Å². The maximum Gasteiger partial charge on any atom is 0.157 e. The molecule has 2 aliphatic carbocycles. The highest BCUT2D eigenvalue weighted by Gasteiger charge is 2.30. The summed E-state index contributed by atoms with van der Waals surface area (Å²) >= 11 is 0. The van der Waals surface area contributed by atoms with Gasteiger partial charge >= 0.3 is 0 Å². The molecule has 0 radical (unpaired) electrons. The van der Waals surface area contributed by atoms with E-state index in [0.717, 1.165) is 88.2 Å². The van der Waals surface area contributed by atoms with Gasteiger partial charge in [-0.3, -0.25) is 4.99 Å². The molecule has 0 amide bonds. The van der Waals surface area contributed by atoms with Gasteiger partial charge in [-0.1, -0.05) is 164 Å². The molecule has 5 heteroatoms. The number of rotatable bonds is 5. The topological polar surface area (TPSA) is 77.0 Å². The van der Waals surface area contributed by atoms with E-state index >= 15 is 0 Å². The van der Waals surface area contributed by atoms with Crippen LogP contribution in [-0.2, 0) is 6.54 Å². The number of hydrogen-bond acceptors (Lipinski definition) is 3. The smallest absolute Gasteiger partial charge is 0.157 e. The first-order valence-electron chi connectivity index (χ1n) is 19.1. The van der Waals surface area contributed by atoms with Crippen LogP contribution in [0.1, 0.15) is 33.9 Å². The van der Waals surface area contributed by atoms with E-state index in [0.29, 0.717) is 24.1 Å². The lowest BCUT2D eigenvalue weighted by Gasteiger charge is -2.23. The van der Waals surface area contributed by atoms with Crippen LogP contribution in [0.3, 0.4) is 0 Å². The zero-order valence-electron chi connectivity index (χ0n) is 30.4. The molecule has 266 valence electrons. The largest absolute Gasteiger partial charge is 0.459 e. The van der Waals surface area contributed by atoms with Crippen molar-refractivity contribution in [3.05, 3.63) is 198 Å². The van der Waals surface area contributed by atoms with Crippen LogP contribution < -0.4 is 5.73 Å². The number of aliphatic imine (C=N–C) groups is 2. The van der Waals surface area contributed by atoms with Crippen LogP contribution >= 0.6 is 0 Å². The molecule has 0 fully saturated rings. The molecular formula is C51H35N3O2. The second kappa shape index (κ2) is 13.0. The van der Waals surface area contributed by atoms with Crippen LogP contribution in [0.25, 0.3) is 71.7 Å². The van der Waals surface area contributed by atoms with Gasteiger partial charge in [-0.05, 0) is 39.2 Å². The summed E-state index contributed by atoms with van der Waals surface area (Å²) in [6.45, 7) is 0.461. The number of nitrogens with two attached hydrogens (primary N) is 1. The molecule has 11 rings (SSSR count). The molecule has 56 heavy (non-hydrogen) atoms. The molecule has 0 spiro atoms. The van der Waals surface area contributed by atoms with Crippen LogP contribution in [0.2, 0.25) is 0 Å². The van der Waals surface area contributed by atoms with E-state index in [2.05, 4.69) is 140 Å². The van der Waals surface area contributed by atoms with Crippen molar-refractivity contribution >= 4 is 72.2 Å². The van der Waals surface area contributed by atoms with Crippen LogP contribution in [0.15, 0.2) is 189 Å². The molecule has 2 heterocycles. The van der Waals surface area contributed by atoms with Gasteiger partial charge in [-0.2, -0.15) is 0 Å². The summed E-state index contributed by atoms with van der Waals surface area (Å²) in [4.78, 5) is 10.3. The quantitative estimate of drug-likeness (QED) is 0.109. The average Bonchev–Trinajstić information content (AvgIpc) is 3.84. The van der Waals surface area contributed by atoms with Gasteiger partial charge in [-0.25, -0.2) is 4.99 Å². The summed E-state index contributed by atoms with van der Waals surface area (Å²) in [5, 5.41) is 7.49. The van der Waals surface area contributed by atoms with Gasteiger partial charge in [0, 0.05) is 55.8 Å². The highest BCUT2D eigenvalue weighted by molar-refractivity contribution is 6.25. The third-order valence-electron chi connectivity index (χ3n) is 11.3. The molecule has 0 saturated heterocycles. The van der Waals surface area contributed by atoms with Gasteiger partial charge in [0.25, 0.3) is 0 Å². The molecule has 2 aromatic heterocycles. The summed E-state index contributed by atoms with van der Waals surface area (Å²) in [5.74, 6) is 2.43. The number of para-hydroxylation sites is 2. The highest BCUT2D eigenvalue weighted by Crippen LogP contribution is 2.46. The summed E-state index contributed by atoms with van der Waals surface area (Å²) in [7, 11) is 0. The maximum absolute atomic E-state index is 7.10. The SMILES string of the molecule is N/C(=N\C(=N/Cc1ccccc1)c1cc2ccccc2c2ccccc12)c1cccc2oc3c(-c4cccc5c6c(oc45)C4C=CC=CC4C=C6)cccc3c12. The summed E-state index contributed by atoms with van der Waals surface area (Å²) in [6, 6.07) is 48.0. The van der Waals surface area contributed by atoms with E-state index in [9.17, 15) is 0 Å². The number of amidine groups is 2.